The quantitative estimate of drug-likeness (QED) is 0.407. The van der Waals surface area contributed by atoms with Crippen molar-refractivity contribution in [3.05, 3.63) is 36.4 Å². The van der Waals surface area contributed by atoms with E-state index in [-0.39, 0.29) is 58.2 Å². The van der Waals surface area contributed by atoms with Gasteiger partial charge >= 0.3 is 58.2 Å². The summed E-state index contributed by atoms with van der Waals surface area (Å²) >= 11 is 0. The molecule has 30 valence electrons. The summed E-state index contributed by atoms with van der Waals surface area (Å²) in [5.41, 5.74) is 0. The molecule has 1 rings (SSSR count). The number of rotatable bonds is 0. The van der Waals surface area contributed by atoms with E-state index < -0.39 is 0 Å². The minimum absolute atomic E-state index is 0. The number of benzene rings is 1. The average molecular weight is 163 g/mol. The first kappa shape index (κ1) is 8.03. The summed E-state index contributed by atoms with van der Waals surface area (Å²) in [6.45, 7) is 0. The van der Waals surface area contributed by atoms with Gasteiger partial charge in [0.1, 0.15) is 0 Å². The van der Waals surface area contributed by atoms with Gasteiger partial charge in [0.2, 0.25) is 0 Å². The molecule has 0 radical (unpaired) electrons. The van der Waals surface area contributed by atoms with Crippen LogP contribution in [0, 0.1) is 6.07 Å². The molecule has 0 spiro atoms. The molecule has 0 bridgehead atoms. The molecule has 0 unspecified atom stereocenters. The van der Waals surface area contributed by atoms with Crippen LogP contribution in [0.1, 0.15) is 0 Å². The molecule has 0 amide bonds. The Morgan fingerprint density at radius 1 is 0.857 bits per heavy atom. The van der Waals surface area contributed by atoms with E-state index in [9.17, 15) is 0 Å². The summed E-state index contributed by atoms with van der Waals surface area (Å²) in [5.74, 6) is 0. The van der Waals surface area contributed by atoms with Crippen LogP contribution in [-0.4, -0.2) is 0 Å². The van der Waals surface area contributed by atoms with Crippen molar-refractivity contribution in [2.45, 2.75) is 0 Å². The van der Waals surface area contributed by atoms with E-state index >= 15 is 0 Å². The summed E-state index contributed by atoms with van der Waals surface area (Å²) < 4.78 is 0. The first-order valence-corrected chi connectivity index (χ1v) is 1.91. The van der Waals surface area contributed by atoms with Crippen LogP contribution >= 0.6 is 0 Å². The first-order chi connectivity index (χ1) is 3.00. The van der Waals surface area contributed by atoms with Gasteiger partial charge in [0.05, 0.1) is 0 Å². The molecule has 0 aromatic heterocycles. The fraction of sp³-hybridized carbons (Fsp3) is 0. The zero-order chi connectivity index (χ0) is 4.24. The number of hydrogen-bond acceptors (Lipinski definition) is 0. The van der Waals surface area contributed by atoms with Crippen LogP contribution in [0.15, 0.2) is 30.3 Å². The molecule has 0 saturated carbocycles. The van der Waals surface area contributed by atoms with Gasteiger partial charge in [-0.15, -0.1) is 0 Å². The van der Waals surface area contributed by atoms with E-state index in [0.29, 0.717) is 0 Å². The van der Waals surface area contributed by atoms with Crippen LogP contribution in [0.25, 0.3) is 0 Å². The minimum atomic E-state index is 0. The molecule has 0 heterocycles. The van der Waals surface area contributed by atoms with E-state index in [0.717, 1.165) is 0 Å². The molecule has 0 N–H and O–H groups in total. The Morgan fingerprint density at radius 3 is 1.57 bits per heavy atom. The van der Waals surface area contributed by atoms with Crippen LogP contribution in [-0.2, 0) is 0 Å². The normalized spacial score (nSPS) is 6.86. The summed E-state index contributed by atoms with van der Waals surface area (Å²) in [4.78, 5) is 0. The van der Waals surface area contributed by atoms with Gasteiger partial charge in [0, 0.05) is 0 Å². The fourth-order valence-electron chi connectivity index (χ4n) is 0.342. The van der Waals surface area contributed by atoms with Gasteiger partial charge in [0.25, 0.3) is 0 Å². The Bertz CT molecular complexity index is 76.1. The molecule has 0 aliphatic carbocycles. The van der Waals surface area contributed by atoms with Gasteiger partial charge in [-0.1, -0.05) is 0 Å². The summed E-state index contributed by atoms with van der Waals surface area (Å²) in [6.07, 6.45) is 0. The van der Waals surface area contributed by atoms with Gasteiger partial charge < -0.3 is 0 Å². The summed E-state index contributed by atoms with van der Waals surface area (Å²) in [7, 11) is 0. The molecule has 1 aromatic rings. The van der Waals surface area contributed by atoms with Crippen molar-refractivity contribution in [3.8, 4) is 0 Å². The molecule has 0 nitrogen and oxygen atoms in total. The van der Waals surface area contributed by atoms with Crippen molar-refractivity contribution in [1.82, 2.24) is 0 Å². The summed E-state index contributed by atoms with van der Waals surface area (Å²) in [5, 5.41) is 0. The Hall–Kier alpha value is 1.03. The third-order valence-electron chi connectivity index (χ3n) is 0.607. The zero-order valence-electron chi connectivity index (χ0n) is 4.39. The third-order valence-corrected chi connectivity index (χ3v) is 0.607. The van der Waals surface area contributed by atoms with Crippen LogP contribution in [0.4, 0.5) is 0 Å². The second-order valence-corrected chi connectivity index (χ2v) is 1.08. The van der Waals surface area contributed by atoms with Crippen LogP contribution < -0.4 is 58.2 Å². The Labute approximate surface area is 92.7 Å². The Morgan fingerprint density at radius 2 is 1.43 bits per heavy atom. The van der Waals surface area contributed by atoms with Crippen molar-refractivity contribution >= 4 is 0 Å². The Kier molecular flexibility index (Phi) is 5.92. The molecule has 7 heavy (non-hydrogen) atoms. The Balaban J connectivity index is 0.000000360. The molecule has 1 heteroatoms. The van der Waals surface area contributed by atoms with Crippen molar-refractivity contribution in [3.63, 3.8) is 0 Å². The average Bonchev–Trinajstić information content (AvgIpc) is 1.72. The smallest absolute Gasteiger partial charge is 0.184 e. The molecule has 0 saturated heterocycles. The zero-order valence-corrected chi connectivity index (χ0v) is 9.30. The van der Waals surface area contributed by atoms with Crippen LogP contribution in [0.2, 0.25) is 0 Å². The second-order valence-electron chi connectivity index (χ2n) is 1.08. The first-order valence-electron chi connectivity index (χ1n) is 1.91. The molecule has 1 aromatic carbocycles. The molecule has 0 atom stereocenters. The maximum absolute atomic E-state index is 2.89. The molecule has 0 aliphatic heterocycles. The van der Waals surface area contributed by atoms with Crippen LogP contribution in [0.3, 0.4) is 0 Å². The molecule has 0 fully saturated rings. The predicted octanol–water partition coefficient (Wildman–Crippen LogP) is -1.51. The number of hydrogen-bond donors (Lipinski definition) is 0. The van der Waals surface area contributed by atoms with Crippen LogP contribution in [0.5, 0.6) is 0 Å². The standard InChI is InChI=1S/C6H5.Rb/c1-2-4-6-5-3-1;/h1-5H;/q-1;+1. The fourth-order valence-corrected chi connectivity index (χ4v) is 0.342. The monoisotopic (exact) mass is 162 g/mol. The summed E-state index contributed by atoms with van der Waals surface area (Å²) in [6, 6.07) is 12.5. The SMILES string of the molecule is [Rb+].[c-]1ccccc1. The van der Waals surface area contributed by atoms with Gasteiger partial charge in [-0.2, -0.15) is 36.4 Å². The topological polar surface area (TPSA) is 0 Å². The third kappa shape index (κ3) is 3.59. The minimum Gasteiger partial charge on any atom is -0.184 e. The molecular formula is C6H5Rb. The van der Waals surface area contributed by atoms with Crippen molar-refractivity contribution in [2.24, 2.45) is 0 Å². The van der Waals surface area contributed by atoms with E-state index in [1.807, 2.05) is 30.3 Å². The van der Waals surface area contributed by atoms with Crippen molar-refractivity contribution < 1.29 is 58.2 Å². The molecular weight excluding hydrogens is 158 g/mol. The van der Waals surface area contributed by atoms with E-state index in [1.165, 1.54) is 0 Å². The largest absolute Gasteiger partial charge is 1.00 e. The molecule has 0 aliphatic rings. The van der Waals surface area contributed by atoms with Crippen molar-refractivity contribution in [2.75, 3.05) is 0 Å². The van der Waals surface area contributed by atoms with Gasteiger partial charge in [0.15, 0.2) is 0 Å². The van der Waals surface area contributed by atoms with Gasteiger partial charge in [-0.25, -0.2) is 0 Å². The maximum Gasteiger partial charge on any atom is 1.00 e. The van der Waals surface area contributed by atoms with E-state index in [2.05, 4.69) is 6.07 Å². The van der Waals surface area contributed by atoms with Gasteiger partial charge in [-0.3, -0.25) is 0 Å². The van der Waals surface area contributed by atoms with E-state index in [4.69, 9.17) is 0 Å². The predicted molar refractivity (Wildman–Crippen MR) is 25.3 cm³/mol. The van der Waals surface area contributed by atoms with Gasteiger partial charge in [-0.05, 0) is 0 Å². The second kappa shape index (κ2) is 5.17. The maximum atomic E-state index is 2.89. The van der Waals surface area contributed by atoms with E-state index in [1.54, 1.807) is 0 Å². The van der Waals surface area contributed by atoms with Crippen molar-refractivity contribution in [1.29, 1.82) is 0 Å².